The number of carboxylic acids is 1. The number of carbonyl (C=O) groups is 3. The number of thioether (sulfide) groups is 1. The van der Waals surface area contributed by atoms with Crippen molar-refractivity contribution in [2.75, 3.05) is 10.6 Å². The van der Waals surface area contributed by atoms with E-state index < -0.39 is 11.2 Å². The standard InChI is InChI=1S/C23H20N2O4S/c1-15(26)24-19-11-6-12-20(14-19)30-21(16-7-3-2-4-8-16)22(27)25-18-10-5-9-17(13-18)23(28)29/h2-14,21H,1H3,(H,24,26)(H,25,27)(H,28,29). The zero-order chi connectivity index (χ0) is 21.5. The van der Waals surface area contributed by atoms with E-state index in [1.165, 1.54) is 30.8 Å². The Labute approximate surface area is 178 Å². The third-order valence-corrected chi connectivity index (χ3v) is 5.37. The predicted octanol–water partition coefficient (Wildman–Crippen LogP) is 4.82. The zero-order valence-corrected chi connectivity index (χ0v) is 17.0. The maximum Gasteiger partial charge on any atom is 0.335 e. The van der Waals surface area contributed by atoms with Crippen molar-refractivity contribution in [1.29, 1.82) is 0 Å². The molecule has 6 nitrogen and oxygen atoms in total. The SMILES string of the molecule is CC(=O)Nc1cccc(SC(C(=O)Nc2cccc(C(=O)O)c2)c2ccccc2)c1. The molecular weight excluding hydrogens is 400 g/mol. The predicted molar refractivity (Wildman–Crippen MR) is 118 cm³/mol. The maximum absolute atomic E-state index is 13.1. The molecule has 0 bridgehead atoms. The summed E-state index contributed by atoms with van der Waals surface area (Å²) in [5.74, 6) is -1.51. The molecular formula is C23H20N2O4S. The third kappa shape index (κ3) is 5.71. The molecule has 0 aliphatic heterocycles. The lowest BCUT2D eigenvalue weighted by Gasteiger charge is -2.18. The number of benzene rings is 3. The molecule has 0 heterocycles. The van der Waals surface area contributed by atoms with Crippen LogP contribution in [0.25, 0.3) is 0 Å². The van der Waals surface area contributed by atoms with E-state index in [1.807, 2.05) is 42.5 Å². The van der Waals surface area contributed by atoms with Crippen molar-refractivity contribution in [2.45, 2.75) is 17.1 Å². The molecule has 1 atom stereocenters. The Kier molecular flexibility index (Phi) is 6.87. The lowest BCUT2D eigenvalue weighted by atomic mass is 10.1. The first-order valence-corrected chi connectivity index (χ1v) is 10.0. The van der Waals surface area contributed by atoms with Crippen LogP contribution in [0.2, 0.25) is 0 Å². The number of carboxylic acid groups (broad SMARTS) is 1. The van der Waals surface area contributed by atoms with Crippen molar-refractivity contribution in [3.05, 3.63) is 90.0 Å². The molecule has 30 heavy (non-hydrogen) atoms. The summed E-state index contributed by atoms with van der Waals surface area (Å²) in [5.41, 5.74) is 1.96. The molecule has 0 aromatic heterocycles. The van der Waals surface area contributed by atoms with Crippen LogP contribution in [0.5, 0.6) is 0 Å². The Morgan fingerprint density at radius 2 is 1.50 bits per heavy atom. The number of aromatic carboxylic acids is 1. The highest BCUT2D eigenvalue weighted by atomic mass is 32.2. The molecule has 152 valence electrons. The van der Waals surface area contributed by atoms with Gasteiger partial charge in [-0.1, -0.05) is 42.5 Å². The monoisotopic (exact) mass is 420 g/mol. The number of rotatable bonds is 7. The van der Waals surface area contributed by atoms with Crippen molar-refractivity contribution in [3.63, 3.8) is 0 Å². The molecule has 0 aliphatic carbocycles. The second-order valence-corrected chi connectivity index (χ2v) is 7.67. The van der Waals surface area contributed by atoms with Gasteiger partial charge in [0.05, 0.1) is 5.56 Å². The van der Waals surface area contributed by atoms with E-state index in [9.17, 15) is 14.4 Å². The second-order valence-electron chi connectivity index (χ2n) is 6.49. The van der Waals surface area contributed by atoms with Crippen molar-refractivity contribution >= 4 is 40.9 Å². The van der Waals surface area contributed by atoms with Gasteiger partial charge >= 0.3 is 5.97 Å². The number of amides is 2. The fourth-order valence-corrected chi connectivity index (χ4v) is 3.91. The number of nitrogens with one attached hydrogen (secondary N) is 2. The Morgan fingerprint density at radius 1 is 0.833 bits per heavy atom. The van der Waals surface area contributed by atoms with Gasteiger partial charge in [0.15, 0.2) is 0 Å². The van der Waals surface area contributed by atoms with E-state index in [1.54, 1.807) is 24.3 Å². The Hall–Kier alpha value is -3.58. The Balaban J connectivity index is 1.86. The van der Waals surface area contributed by atoms with Crippen LogP contribution < -0.4 is 10.6 Å². The van der Waals surface area contributed by atoms with Crippen molar-refractivity contribution in [3.8, 4) is 0 Å². The molecule has 3 aromatic rings. The zero-order valence-electron chi connectivity index (χ0n) is 16.2. The van der Waals surface area contributed by atoms with Gasteiger partial charge in [0.25, 0.3) is 0 Å². The largest absolute Gasteiger partial charge is 0.478 e. The van der Waals surface area contributed by atoms with Crippen molar-refractivity contribution < 1.29 is 19.5 Å². The molecule has 0 fully saturated rings. The third-order valence-electron chi connectivity index (χ3n) is 4.13. The first-order chi connectivity index (χ1) is 14.4. The molecule has 1 unspecified atom stereocenters. The molecule has 0 spiro atoms. The lowest BCUT2D eigenvalue weighted by molar-refractivity contribution is -0.116. The molecule has 3 N–H and O–H groups in total. The summed E-state index contributed by atoms with van der Waals surface area (Å²) in [7, 11) is 0. The van der Waals surface area contributed by atoms with E-state index in [0.717, 1.165) is 10.5 Å². The highest BCUT2D eigenvalue weighted by molar-refractivity contribution is 8.00. The van der Waals surface area contributed by atoms with Crippen LogP contribution in [0.1, 0.15) is 28.1 Å². The Morgan fingerprint density at radius 3 is 2.17 bits per heavy atom. The van der Waals surface area contributed by atoms with E-state index in [-0.39, 0.29) is 17.4 Å². The minimum absolute atomic E-state index is 0.0970. The fourth-order valence-electron chi connectivity index (χ4n) is 2.83. The maximum atomic E-state index is 13.1. The molecule has 0 saturated carbocycles. The van der Waals surface area contributed by atoms with Gasteiger partial charge in [-0.15, -0.1) is 11.8 Å². The number of hydrogen-bond acceptors (Lipinski definition) is 4. The smallest absolute Gasteiger partial charge is 0.335 e. The molecule has 0 saturated heterocycles. The van der Waals surface area contributed by atoms with Crippen LogP contribution in [0.4, 0.5) is 11.4 Å². The summed E-state index contributed by atoms with van der Waals surface area (Å²) in [5, 5.41) is 14.1. The van der Waals surface area contributed by atoms with Gasteiger partial charge < -0.3 is 15.7 Å². The summed E-state index contributed by atoms with van der Waals surface area (Å²) in [6.07, 6.45) is 0. The van der Waals surface area contributed by atoms with Gasteiger partial charge in [0.1, 0.15) is 5.25 Å². The summed E-state index contributed by atoms with van der Waals surface area (Å²) < 4.78 is 0. The molecule has 7 heteroatoms. The summed E-state index contributed by atoms with van der Waals surface area (Å²) in [6, 6.07) is 22.7. The highest BCUT2D eigenvalue weighted by Crippen LogP contribution is 2.37. The van der Waals surface area contributed by atoms with Crippen LogP contribution >= 0.6 is 11.8 Å². The first-order valence-electron chi connectivity index (χ1n) is 9.16. The highest BCUT2D eigenvalue weighted by Gasteiger charge is 2.22. The second kappa shape index (κ2) is 9.76. The van der Waals surface area contributed by atoms with Gasteiger partial charge in [-0.2, -0.15) is 0 Å². The normalized spacial score (nSPS) is 11.4. The van der Waals surface area contributed by atoms with Crippen LogP contribution in [0.15, 0.2) is 83.8 Å². The van der Waals surface area contributed by atoms with Crippen LogP contribution in [-0.2, 0) is 9.59 Å². The number of anilines is 2. The Bertz CT molecular complexity index is 1070. The van der Waals surface area contributed by atoms with Crippen LogP contribution in [0, 0.1) is 0 Å². The topological polar surface area (TPSA) is 95.5 Å². The quantitative estimate of drug-likeness (QED) is 0.477. The van der Waals surface area contributed by atoms with Crippen molar-refractivity contribution in [2.24, 2.45) is 0 Å². The molecule has 2 amide bonds. The number of hydrogen-bond donors (Lipinski definition) is 3. The lowest BCUT2D eigenvalue weighted by Crippen LogP contribution is -2.19. The fraction of sp³-hybridized carbons (Fsp3) is 0.0870. The van der Waals surface area contributed by atoms with Gasteiger partial charge in [-0.3, -0.25) is 9.59 Å². The minimum Gasteiger partial charge on any atom is -0.478 e. The van der Waals surface area contributed by atoms with E-state index in [0.29, 0.717) is 11.4 Å². The van der Waals surface area contributed by atoms with E-state index in [2.05, 4.69) is 10.6 Å². The average molecular weight is 420 g/mol. The van der Waals surface area contributed by atoms with Gasteiger partial charge in [0.2, 0.25) is 11.8 Å². The van der Waals surface area contributed by atoms with E-state index >= 15 is 0 Å². The van der Waals surface area contributed by atoms with E-state index in [4.69, 9.17) is 5.11 Å². The molecule has 3 aromatic carbocycles. The van der Waals surface area contributed by atoms with Gasteiger partial charge in [-0.25, -0.2) is 4.79 Å². The molecule has 0 radical (unpaired) electrons. The first kappa shape index (κ1) is 21.1. The van der Waals surface area contributed by atoms with Gasteiger partial charge in [-0.05, 0) is 42.0 Å². The molecule has 3 rings (SSSR count). The van der Waals surface area contributed by atoms with Crippen molar-refractivity contribution in [1.82, 2.24) is 0 Å². The van der Waals surface area contributed by atoms with Gasteiger partial charge in [0, 0.05) is 23.2 Å². The summed E-state index contributed by atoms with van der Waals surface area (Å²) in [4.78, 5) is 36.5. The average Bonchev–Trinajstić information content (AvgIpc) is 2.72. The number of carbonyl (C=O) groups excluding carboxylic acids is 2. The summed E-state index contributed by atoms with van der Waals surface area (Å²) >= 11 is 1.34. The summed E-state index contributed by atoms with van der Waals surface area (Å²) in [6.45, 7) is 1.44. The molecule has 0 aliphatic rings. The van der Waals surface area contributed by atoms with Crippen LogP contribution in [-0.4, -0.2) is 22.9 Å². The minimum atomic E-state index is -1.06. The van der Waals surface area contributed by atoms with Crippen LogP contribution in [0.3, 0.4) is 0 Å².